The zero-order valence-corrected chi connectivity index (χ0v) is 13.1. The Balaban J connectivity index is 1.55. The summed E-state index contributed by atoms with van der Waals surface area (Å²) in [4.78, 5) is 18.5. The molecule has 1 N–H and O–H groups in total. The number of rotatable bonds is 5. The first-order valence-corrected chi connectivity index (χ1v) is 7.87. The highest BCUT2D eigenvalue weighted by Gasteiger charge is 2.23. The summed E-state index contributed by atoms with van der Waals surface area (Å²) in [5.41, 5.74) is 1.14. The quantitative estimate of drug-likeness (QED) is 0.909. The first kappa shape index (κ1) is 16.5. The first-order valence-electron chi connectivity index (χ1n) is 7.87. The van der Waals surface area contributed by atoms with Crippen molar-refractivity contribution in [2.45, 2.75) is 32.0 Å². The molecule has 3 rings (SSSR count). The molecular weight excluding hydrogens is 316 g/mol. The molecule has 3 heterocycles. The van der Waals surface area contributed by atoms with Crippen LogP contribution in [0, 0.1) is 0 Å². The van der Waals surface area contributed by atoms with E-state index in [1.54, 1.807) is 6.20 Å². The fraction of sp³-hybridized carbons (Fsp3) is 0.438. The van der Waals surface area contributed by atoms with Gasteiger partial charge in [0.2, 0.25) is 0 Å². The monoisotopic (exact) mass is 335 g/mol. The summed E-state index contributed by atoms with van der Waals surface area (Å²) in [6.07, 6.45) is 6.51. The van der Waals surface area contributed by atoms with Crippen LogP contribution < -0.4 is 5.32 Å². The molecule has 0 aromatic carbocycles. The lowest BCUT2D eigenvalue weighted by Gasteiger charge is -2.32. The van der Waals surface area contributed by atoms with E-state index < -0.39 is 12.5 Å². The van der Waals surface area contributed by atoms with Gasteiger partial charge < -0.3 is 5.32 Å². The van der Waals surface area contributed by atoms with Gasteiger partial charge in [0.1, 0.15) is 5.69 Å². The maximum Gasteiger partial charge on any atom is 0.333 e. The minimum atomic E-state index is -2.74. The van der Waals surface area contributed by atoms with E-state index in [9.17, 15) is 13.6 Å². The van der Waals surface area contributed by atoms with Crippen molar-refractivity contribution in [2.24, 2.45) is 0 Å². The van der Waals surface area contributed by atoms with Crippen molar-refractivity contribution >= 4 is 5.91 Å². The number of likely N-dealkylation sites (tertiary alicyclic amines) is 1. The molecule has 1 fully saturated rings. The van der Waals surface area contributed by atoms with Gasteiger partial charge in [-0.25, -0.2) is 4.68 Å². The lowest BCUT2D eigenvalue weighted by Crippen LogP contribution is -2.47. The average Bonchev–Trinajstić information content (AvgIpc) is 3.06. The lowest BCUT2D eigenvalue weighted by atomic mass is 10.0. The van der Waals surface area contributed by atoms with Crippen LogP contribution in [0.15, 0.2) is 36.8 Å². The molecule has 6 nitrogen and oxygen atoms in total. The standard InChI is InChI=1S/C16H19F2N5O/c17-16(18)23-8-5-14(21-23)15(24)20-13-4-2-7-22(11-13)10-12-3-1-6-19-9-12/h1,3,5-6,8-9,13,16H,2,4,7,10-11H2,(H,20,24)/t13-/m1/s1. The van der Waals surface area contributed by atoms with Crippen molar-refractivity contribution in [1.29, 1.82) is 0 Å². The number of halogens is 2. The highest BCUT2D eigenvalue weighted by Crippen LogP contribution is 2.14. The molecule has 0 bridgehead atoms. The Kier molecular flexibility index (Phi) is 5.14. The van der Waals surface area contributed by atoms with Gasteiger partial charge in [0.15, 0.2) is 0 Å². The molecule has 1 aliphatic heterocycles. The zero-order chi connectivity index (χ0) is 16.9. The van der Waals surface area contributed by atoms with E-state index >= 15 is 0 Å². The highest BCUT2D eigenvalue weighted by molar-refractivity contribution is 5.92. The molecule has 0 aliphatic carbocycles. The molecule has 1 aliphatic rings. The summed E-state index contributed by atoms with van der Waals surface area (Å²) in [5, 5.41) is 6.48. The van der Waals surface area contributed by atoms with Gasteiger partial charge in [-0.3, -0.25) is 14.7 Å². The Labute approximate surface area is 138 Å². The summed E-state index contributed by atoms with van der Waals surface area (Å²) in [7, 11) is 0. The van der Waals surface area contributed by atoms with Crippen LogP contribution in [-0.2, 0) is 6.54 Å². The lowest BCUT2D eigenvalue weighted by molar-refractivity contribution is 0.0559. The summed E-state index contributed by atoms with van der Waals surface area (Å²) >= 11 is 0. The number of alkyl halides is 2. The fourth-order valence-electron chi connectivity index (χ4n) is 2.89. The van der Waals surface area contributed by atoms with Crippen molar-refractivity contribution in [3.05, 3.63) is 48.0 Å². The maximum absolute atomic E-state index is 12.5. The molecule has 0 saturated carbocycles. The second-order valence-electron chi connectivity index (χ2n) is 5.87. The van der Waals surface area contributed by atoms with Crippen LogP contribution in [0.25, 0.3) is 0 Å². The van der Waals surface area contributed by atoms with Gasteiger partial charge >= 0.3 is 6.55 Å². The van der Waals surface area contributed by atoms with Crippen molar-refractivity contribution in [2.75, 3.05) is 13.1 Å². The van der Waals surface area contributed by atoms with Crippen LogP contribution >= 0.6 is 0 Å². The minimum Gasteiger partial charge on any atom is -0.347 e. The molecule has 8 heteroatoms. The van der Waals surface area contributed by atoms with Crippen LogP contribution in [0.1, 0.15) is 35.4 Å². The Morgan fingerprint density at radius 3 is 3.00 bits per heavy atom. The van der Waals surface area contributed by atoms with Gasteiger partial charge in [-0.15, -0.1) is 0 Å². The van der Waals surface area contributed by atoms with E-state index in [2.05, 4.69) is 20.3 Å². The summed E-state index contributed by atoms with van der Waals surface area (Å²) in [6, 6.07) is 5.21. The number of carbonyl (C=O) groups excluding carboxylic acids is 1. The summed E-state index contributed by atoms with van der Waals surface area (Å²) in [5.74, 6) is -0.414. The molecule has 0 radical (unpaired) electrons. The number of pyridine rings is 1. The Morgan fingerprint density at radius 1 is 1.42 bits per heavy atom. The second-order valence-corrected chi connectivity index (χ2v) is 5.87. The number of hydrogen-bond acceptors (Lipinski definition) is 4. The third-order valence-electron chi connectivity index (χ3n) is 4.01. The normalized spacial score (nSPS) is 18.7. The number of nitrogens with one attached hydrogen (secondary N) is 1. The zero-order valence-electron chi connectivity index (χ0n) is 13.1. The molecule has 1 atom stereocenters. The van der Waals surface area contributed by atoms with Crippen molar-refractivity contribution in [3.63, 3.8) is 0 Å². The smallest absolute Gasteiger partial charge is 0.333 e. The molecular formula is C16H19F2N5O. The number of piperidine rings is 1. The predicted molar refractivity (Wildman–Crippen MR) is 83.5 cm³/mol. The topological polar surface area (TPSA) is 63.1 Å². The van der Waals surface area contributed by atoms with Crippen molar-refractivity contribution < 1.29 is 13.6 Å². The Bertz CT molecular complexity index is 676. The number of carbonyl (C=O) groups is 1. The summed E-state index contributed by atoms with van der Waals surface area (Å²) in [6.45, 7) is -0.284. The van der Waals surface area contributed by atoms with Crippen LogP contribution in [0.3, 0.4) is 0 Å². The van der Waals surface area contributed by atoms with Gasteiger partial charge in [-0.1, -0.05) is 6.07 Å². The minimum absolute atomic E-state index is 0.0136. The molecule has 0 spiro atoms. The van der Waals surface area contributed by atoms with E-state index in [-0.39, 0.29) is 11.7 Å². The van der Waals surface area contributed by atoms with Gasteiger partial charge in [0.25, 0.3) is 5.91 Å². The number of hydrogen-bond donors (Lipinski definition) is 1. The van der Waals surface area contributed by atoms with Gasteiger partial charge in [-0.2, -0.15) is 13.9 Å². The predicted octanol–water partition coefficient (Wildman–Crippen LogP) is 2.07. The molecule has 128 valence electrons. The van der Waals surface area contributed by atoms with Gasteiger partial charge in [-0.05, 0) is 37.1 Å². The van der Waals surface area contributed by atoms with Crippen LogP contribution in [0.5, 0.6) is 0 Å². The molecule has 2 aromatic rings. The number of nitrogens with zero attached hydrogens (tertiary/aromatic N) is 4. The molecule has 0 unspecified atom stereocenters. The molecule has 2 aromatic heterocycles. The van der Waals surface area contributed by atoms with Crippen LogP contribution in [0.2, 0.25) is 0 Å². The first-order chi connectivity index (χ1) is 11.6. The highest BCUT2D eigenvalue weighted by atomic mass is 19.3. The van der Waals surface area contributed by atoms with E-state index in [1.165, 1.54) is 6.07 Å². The molecule has 1 saturated heterocycles. The average molecular weight is 335 g/mol. The maximum atomic E-state index is 12.5. The molecule has 1 amide bonds. The third kappa shape index (κ3) is 4.14. The second kappa shape index (κ2) is 7.48. The van der Waals surface area contributed by atoms with Crippen LogP contribution in [0.4, 0.5) is 8.78 Å². The number of aromatic nitrogens is 3. The van der Waals surface area contributed by atoms with E-state index in [0.717, 1.165) is 44.2 Å². The van der Waals surface area contributed by atoms with Crippen LogP contribution in [-0.4, -0.2) is 44.7 Å². The largest absolute Gasteiger partial charge is 0.347 e. The SMILES string of the molecule is O=C(N[C@@H]1CCCN(Cc2cccnc2)C1)c1ccn(C(F)F)n1. The third-order valence-corrected chi connectivity index (χ3v) is 4.01. The Morgan fingerprint density at radius 2 is 2.29 bits per heavy atom. The van der Waals surface area contributed by atoms with Crippen molar-refractivity contribution in [3.8, 4) is 0 Å². The van der Waals surface area contributed by atoms with Crippen molar-refractivity contribution in [1.82, 2.24) is 25.0 Å². The molecule has 24 heavy (non-hydrogen) atoms. The fourth-order valence-corrected chi connectivity index (χ4v) is 2.89. The van der Waals surface area contributed by atoms with E-state index in [0.29, 0.717) is 4.68 Å². The van der Waals surface area contributed by atoms with Gasteiger partial charge in [0.05, 0.1) is 0 Å². The van der Waals surface area contributed by atoms with E-state index in [4.69, 9.17) is 0 Å². The van der Waals surface area contributed by atoms with E-state index in [1.807, 2.05) is 18.3 Å². The Hall–Kier alpha value is -2.35. The van der Waals surface area contributed by atoms with Gasteiger partial charge in [0, 0.05) is 37.7 Å². The summed E-state index contributed by atoms with van der Waals surface area (Å²) < 4.78 is 25.5. The number of amides is 1.